The van der Waals surface area contributed by atoms with Gasteiger partial charge in [-0.3, -0.25) is 14.6 Å². The van der Waals surface area contributed by atoms with Crippen LogP contribution in [0.5, 0.6) is 0 Å². The third kappa shape index (κ3) is 3.59. The van der Waals surface area contributed by atoms with Gasteiger partial charge in [-0.2, -0.15) is 0 Å². The first-order valence-corrected chi connectivity index (χ1v) is 14.7. The molecule has 0 amide bonds. The van der Waals surface area contributed by atoms with Gasteiger partial charge >= 0.3 is 0 Å². The average Bonchev–Trinajstić information content (AvgIpc) is 3.18. The van der Waals surface area contributed by atoms with E-state index in [2.05, 4.69) is 16.7 Å². The molecule has 4 aliphatic carbocycles. The van der Waals surface area contributed by atoms with E-state index in [1.54, 1.807) is 0 Å². The minimum Gasteiger partial charge on any atom is -0.393 e. The summed E-state index contributed by atoms with van der Waals surface area (Å²) in [5.41, 5.74) is 0.291. The predicted octanol–water partition coefficient (Wildman–Crippen LogP) is 5.24. The highest BCUT2D eigenvalue weighted by molar-refractivity contribution is 5.88. The summed E-state index contributed by atoms with van der Waals surface area (Å²) in [6.07, 6.45) is 18.5. The first-order valence-electron chi connectivity index (χ1n) is 14.7. The molecule has 0 unspecified atom stereocenters. The summed E-state index contributed by atoms with van der Waals surface area (Å²) >= 11 is 0. The van der Waals surface area contributed by atoms with E-state index in [0.29, 0.717) is 29.2 Å². The smallest absolute Gasteiger partial charge is 0.142 e. The Labute approximate surface area is 201 Å². The Balaban J connectivity index is 1.35. The molecule has 6 fully saturated rings. The number of carbonyl (C=O) groups excluding carboxylic acids is 1. The molecule has 7 atom stereocenters. The molecule has 0 aromatic rings. The molecular formula is C29H48N2O2. The molecule has 6 rings (SSSR count). The third-order valence-electron chi connectivity index (χ3n) is 11.9. The van der Waals surface area contributed by atoms with Gasteiger partial charge in [0.05, 0.1) is 17.7 Å². The molecule has 2 aliphatic heterocycles. The van der Waals surface area contributed by atoms with Crippen LogP contribution in [-0.2, 0) is 4.79 Å². The summed E-state index contributed by atoms with van der Waals surface area (Å²) in [5.74, 6) is 3.45. The third-order valence-corrected chi connectivity index (χ3v) is 11.9. The summed E-state index contributed by atoms with van der Waals surface area (Å²) in [5, 5.41) is 10.4. The van der Waals surface area contributed by atoms with Gasteiger partial charge in [-0.15, -0.1) is 0 Å². The van der Waals surface area contributed by atoms with Crippen LogP contribution in [-0.4, -0.2) is 59.1 Å². The predicted molar refractivity (Wildman–Crippen MR) is 132 cm³/mol. The lowest BCUT2D eigenvalue weighted by molar-refractivity contribution is -0.174. The number of nitrogens with zero attached hydrogens (tertiary/aromatic N) is 2. The van der Waals surface area contributed by atoms with Crippen molar-refractivity contribution in [2.24, 2.45) is 34.5 Å². The SMILES string of the molecule is C[C@]12CC[C@@H](O)C[C@@H]1CC[C@@H]1[C@@H]2CC[C@]2(C(N3CCCCC3)N3CCCCC3)C(=O)CC[C@@H]12. The summed E-state index contributed by atoms with van der Waals surface area (Å²) in [6, 6.07) is 0. The number of Topliss-reactive ketones (excluding diaryl/α,β-unsaturated/α-hetero) is 1. The monoisotopic (exact) mass is 456 g/mol. The van der Waals surface area contributed by atoms with Crippen molar-refractivity contribution in [3.05, 3.63) is 0 Å². The Kier molecular flexibility index (Phi) is 6.19. The summed E-state index contributed by atoms with van der Waals surface area (Å²) in [4.78, 5) is 19.7. The Bertz CT molecular complexity index is 711. The van der Waals surface area contributed by atoms with Crippen LogP contribution in [0.3, 0.4) is 0 Å². The van der Waals surface area contributed by atoms with Gasteiger partial charge in [0.15, 0.2) is 0 Å². The standard InChI is InChI=1S/C29H48N2O2/c1-28-14-12-22(32)20-21(28)8-9-23-24(28)13-15-29(25(23)10-11-26(29)33)27(30-16-4-2-5-17-30)31-18-6-3-7-19-31/h21-25,27,32H,2-20H2,1H3/t21-,22+,23+,24-,25-,28-,29+/m0/s1. The fraction of sp³-hybridized carbons (Fsp3) is 0.966. The summed E-state index contributed by atoms with van der Waals surface area (Å²) in [7, 11) is 0. The van der Waals surface area contributed by atoms with Gasteiger partial charge in [-0.05, 0) is 132 Å². The fourth-order valence-electron chi connectivity index (χ4n) is 10.4. The minimum absolute atomic E-state index is 0.0713. The summed E-state index contributed by atoms with van der Waals surface area (Å²) in [6.45, 7) is 7.39. The first kappa shape index (κ1) is 23.0. The lowest BCUT2D eigenvalue weighted by Gasteiger charge is -2.63. The largest absolute Gasteiger partial charge is 0.393 e. The van der Waals surface area contributed by atoms with Crippen LogP contribution in [0.25, 0.3) is 0 Å². The van der Waals surface area contributed by atoms with Gasteiger partial charge in [-0.1, -0.05) is 19.8 Å². The number of rotatable bonds is 3. The lowest BCUT2D eigenvalue weighted by atomic mass is 9.44. The van der Waals surface area contributed by atoms with Crippen LogP contribution < -0.4 is 0 Å². The number of hydrogen-bond acceptors (Lipinski definition) is 4. The highest BCUT2D eigenvalue weighted by Crippen LogP contribution is 2.67. The molecule has 2 saturated heterocycles. The topological polar surface area (TPSA) is 43.8 Å². The second kappa shape index (κ2) is 8.89. The van der Waals surface area contributed by atoms with Gasteiger partial charge < -0.3 is 5.11 Å². The Morgan fingerprint density at radius 2 is 1.48 bits per heavy atom. The number of hydrogen-bond donors (Lipinski definition) is 1. The van der Waals surface area contributed by atoms with Crippen LogP contribution in [0, 0.1) is 34.5 Å². The molecule has 33 heavy (non-hydrogen) atoms. The van der Waals surface area contributed by atoms with E-state index in [1.165, 1.54) is 90.4 Å². The van der Waals surface area contributed by atoms with Crippen molar-refractivity contribution < 1.29 is 9.90 Å². The van der Waals surface area contributed by atoms with E-state index in [9.17, 15) is 9.90 Å². The van der Waals surface area contributed by atoms with E-state index in [-0.39, 0.29) is 11.5 Å². The molecule has 4 saturated carbocycles. The van der Waals surface area contributed by atoms with E-state index in [0.717, 1.165) is 43.9 Å². The second-order valence-corrected chi connectivity index (χ2v) is 13.2. The highest BCUT2D eigenvalue weighted by Gasteiger charge is 2.65. The highest BCUT2D eigenvalue weighted by atomic mass is 16.3. The number of fused-ring (bicyclic) bond motifs is 5. The second-order valence-electron chi connectivity index (χ2n) is 13.2. The number of likely N-dealkylation sites (tertiary alicyclic amines) is 2. The molecule has 6 aliphatic rings. The summed E-state index contributed by atoms with van der Waals surface area (Å²) < 4.78 is 0. The normalized spacial score (nSPS) is 47.2. The van der Waals surface area contributed by atoms with Crippen LogP contribution in [0.15, 0.2) is 0 Å². The molecule has 1 N–H and O–H groups in total. The fourth-order valence-corrected chi connectivity index (χ4v) is 10.4. The zero-order valence-electron chi connectivity index (χ0n) is 21.1. The molecule has 2 heterocycles. The molecule has 4 nitrogen and oxygen atoms in total. The van der Waals surface area contributed by atoms with Crippen molar-refractivity contribution in [3.63, 3.8) is 0 Å². The van der Waals surface area contributed by atoms with Gasteiger partial charge in [0, 0.05) is 6.42 Å². The minimum atomic E-state index is -0.104. The van der Waals surface area contributed by atoms with E-state index in [4.69, 9.17) is 0 Å². The van der Waals surface area contributed by atoms with Crippen molar-refractivity contribution in [2.45, 2.75) is 116 Å². The number of aliphatic hydroxyl groups excluding tert-OH is 1. The number of aliphatic hydroxyl groups is 1. The zero-order valence-corrected chi connectivity index (χ0v) is 21.1. The van der Waals surface area contributed by atoms with Gasteiger partial charge in [0.2, 0.25) is 0 Å². The van der Waals surface area contributed by atoms with E-state index in [1.807, 2.05) is 0 Å². The Morgan fingerprint density at radius 3 is 2.15 bits per heavy atom. The van der Waals surface area contributed by atoms with Gasteiger partial charge in [0.25, 0.3) is 0 Å². The van der Waals surface area contributed by atoms with Crippen LogP contribution in [0.1, 0.15) is 103 Å². The van der Waals surface area contributed by atoms with Crippen molar-refractivity contribution in [2.75, 3.05) is 26.2 Å². The molecule has 0 radical (unpaired) electrons. The van der Waals surface area contributed by atoms with Gasteiger partial charge in [0.1, 0.15) is 5.78 Å². The maximum atomic E-state index is 14.1. The number of piperidine rings is 2. The van der Waals surface area contributed by atoms with Crippen molar-refractivity contribution in [3.8, 4) is 0 Å². The van der Waals surface area contributed by atoms with Crippen molar-refractivity contribution in [1.82, 2.24) is 9.80 Å². The van der Waals surface area contributed by atoms with Gasteiger partial charge in [-0.25, -0.2) is 0 Å². The quantitative estimate of drug-likeness (QED) is 0.631. The maximum Gasteiger partial charge on any atom is 0.142 e. The molecule has 0 bridgehead atoms. The number of carbonyl (C=O) groups is 1. The number of ketones is 1. The molecule has 4 heteroatoms. The molecule has 0 aromatic carbocycles. The first-order chi connectivity index (χ1) is 16.0. The van der Waals surface area contributed by atoms with Crippen molar-refractivity contribution >= 4 is 5.78 Å². The van der Waals surface area contributed by atoms with E-state index < -0.39 is 0 Å². The maximum absolute atomic E-state index is 14.1. The van der Waals surface area contributed by atoms with Crippen LogP contribution in [0.4, 0.5) is 0 Å². The van der Waals surface area contributed by atoms with E-state index >= 15 is 0 Å². The zero-order chi connectivity index (χ0) is 22.6. The molecular weight excluding hydrogens is 408 g/mol. The lowest BCUT2D eigenvalue weighted by Crippen LogP contribution is -2.66. The van der Waals surface area contributed by atoms with Crippen LogP contribution in [0.2, 0.25) is 0 Å². The Morgan fingerprint density at radius 1 is 0.818 bits per heavy atom. The molecule has 0 spiro atoms. The molecule has 186 valence electrons. The Hall–Kier alpha value is -0.450. The molecule has 0 aromatic heterocycles. The van der Waals surface area contributed by atoms with Crippen molar-refractivity contribution in [1.29, 1.82) is 0 Å². The average molecular weight is 457 g/mol. The van der Waals surface area contributed by atoms with Crippen LogP contribution >= 0.6 is 0 Å².